The number of hydrogen-bond donors (Lipinski definition) is 3. The molecule has 3 N–H and O–H groups in total. The molecule has 80 heavy (non-hydrogen) atoms. The summed E-state index contributed by atoms with van der Waals surface area (Å²) in [6.45, 7) is -10.6. The van der Waals surface area contributed by atoms with Gasteiger partial charge in [0.15, 0.2) is 0 Å². The number of pyridine rings is 6. The molecule has 12 rings (SSSR count). The maximum atomic E-state index is 10.7. The Balaban J connectivity index is 0.000000257. The number of furan rings is 2. The molecular weight excluding hydrogens is 1400 g/mol. The zero-order chi connectivity index (χ0) is 66.2. The van der Waals surface area contributed by atoms with Crippen LogP contribution in [-0.4, -0.2) is 72.8 Å². The SMILES string of the molecule is CO.CO.O=S(=O)(O)C(F)(F)F.[2H]C([2H])([2H])c1cc2c(nc1C([2H])([2H])[2H])oc1c(-c3ccccn3)[c-]ccc12.[2H]C([2H])([2H])c1cc2c(nc1C([2H])([2H])[2H])oc1c(-c3ccccn3)cccc12.[Ir].[Ir].[c-]1ccccc1-c1ccccn1.[c-]1ccccc1-c1ccccn1. The summed E-state index contributed by atoms with van der Waals surface area (Å²) in [7, 11) is -3.84. The van der Waals surface area contributed by atoms with Crippen LogP contribution in [-0.2, 0) is 50.3 Å². The van der Waals surface area contributed by atoms with Gasteiger partial charge in [-0.3, -0.25) is 9.54 Å². The van der Waals surface area contributed by atoms with Crippen LogP contribution in [0.3, 0.4) is 0 Å². The molecule has 0 saturated carbocycles. The first kappa shape index (κ1) is 48.2. The molecule has 13 nitrogen and oxygen atoms in total. The Kier molecular flexibility index (Phi) is 18.8. The largest absolute Gasteiger partial charge is 0.522 e. The molecule has 0 saturated heterocycles. The predicted octanol–water partition coefficient (Wildman–Crippen LogP) is 13.8. The zero-order valence-corrected chi connectivity index (χ0v) is 47.4. The maximum Gasteiger partial charge on any atom is 0.522 e. The van der Waals surface area contributed by atoms with Crippen molar-refractivity contribution < 1.29 is 102 Å². The number of para-hydroxylation sites is 1. The van der Waals surface area contributed by atoms with E-state index < -0.39 is 54.4 Å². The van der Waals surface area contributed by atoms with E-state index in [0.29, 0.717) is 49.7 Å². The molecule has 0 atom stereocenters. The number of fused-ring (bicyclic) bond motifs is 6. The molecule has 0 spiro atoms. The minimum Gasteiger partial charge on any atom is -0.486 e. The summed E-state index contributed by atoms with van der Waals surface area (Å²) in [5.41, 5.74) is 0.665. The van der Waals surface area contributed by atoms with Crippen LogP contribution in [0.25, 0.3) is 89.2 Å². The van der Waals surface area contributed by atoms with E-state index in [2.05, 4.69) is 48.1 Å². The van der Waals surface area contributed by atoms with Gasteiger partial charge in [-0.15, -0.1) is 90.0 Å². The Morgan fingerprint density at radius 1 is 0.487 bits per heavy atom. The molecule has 4 aromatic carbocycles. The van der Waals surface area contributed by atoms with Crippen LogP contribution in [0.15, 0.2) is 197 Å². The molecular formula is C61H52F3Ir2N6O7S-3. The molecule has 0 unspecified atom stereocenters. The zero-order valence-electron chi connectivity index (χ0n) is 53.8. The van der Waals surface area contributed by atoms with E-state index in [1.807, 2.05) is 115 Å². The number of aryl methyl sites for hydroxylation is 4. The van der Waals surface area contributed by atoms with E-state index in [4.69, 9.17) is 48.5 Å². The maximum absolute atomic E-state index is 10.7. The number of nitrogens with zero attached hydrogens (tertiary/aromatic N) is 6. The van der Waals surface area contributed by atoms with Gasteiger partial charge in [0, 0.05) is 129 Å². The van der Waals surface area contributed by atoms with Gasteiger partial charge in [-0.25, -0.2) is 9.97 Å². The van der Waals surface area contributed by atoms with E-state index in [1.165, 1.54) is 12.1 Å². The van der Waals surface area contributed by atoms with Gasteiger partial charge in [0.05, 0.1) is 11.3 Å². The topological polar surface area (TPSA) is 198 Å². The fourth-order valence-electron chi connectivity index (χ4n) is 6.96. The van der Waals surface area contributed by atoms with Gasteiger partial charge in [0.25, 0.3) is 0 Å². The van der Waals surface area contributed by atoms with Gasteiger partial charge in [-0.1, -0.05) is 65.5 Å². The monoisotopic (exact) mass is 1470 g/mol. The summed E-state index contributed by atoms with van der Waals surface area (Å²) in [6.07, 6.45) is 6.88. The number of aromatic nitrogens is 6. The fourth-order valence-corrected chi connectivity index (χ4v) is 6.96. The van der Waals surface area contributed by atoms with Crippen LogP contribution < -0.4 is 0 Å². The third-order valence-electron chi connectivity index (χ3n) is 10.4. The van der Waals surface area contributed by atoms with Crippen molar-refractivity contribution in [1.82, 2.24) is 29.9 Å². The van der Waals surface area contributed by atoms with Gasteiger partial charge in [0.1, 0.15) is 5.58 Å². The Morgan fingerprint density at radius 2 is 0.912 bits per heavy atom. The van der Waals surface area contributed by atoms with E-state index in [9.17, 15) is 13.2 Å². The van der Waals surface area contributed by atoms with Gasteiger partial charge in [-0.05, 0) is 104 Å². The second kappa shape index (κ2) is 31.2. The van der Waals surface area contributed by atoms with Crippen molar-refractivity contribution in [3.8, 4) is 45.0 Å². The molecule has 2 radical (unpaired) electrons. The van der Waals surface area contributed by atoms with Crippen LogP contribution in [0.5, 0.6) is 0 Å². The number of benzene rings is 4. The predicted molar refractivity (Wildman–Crippen MR) is 298 cm³/mol. The Morgan fingerprint density at radius 3 is 1.31 bits per heavy atom. The molecule has 0 aliphatic rings. The smallest absolute Gasteiger partial charge is 0.486 e. The minimum absolute atomic E-state index is 0. The van der Waals surface area contributed by atoms with E-state index >= 15 is 0 Å². The van der Waals surface area contributed by atoms with Gasteiger partial charge in [0.2, 0.25) is 11.4 Å². The van der Waals surface area contributed by atoms with Crippen LogP contribution in [0, 0.1) is 45.6 Å². The molecule has 0 aliphatic carbocycles. The number of hydrogen-bond acceptors (Lipinski definition) is 12. The molecule has 19 heteroatoms. The number of aliphatic hydroxyl groups is 2. The number of rotatable bonds is 4. The third-order valence-corrected chi connectivity index (χ3v) is 11.0. The summed E-state index contributed by atoms with van der Waals surface area (Å²) >= 11 is 0. The van der Waals surface area contributed by atoms with Crippen LogP contribution in [0.1, 0.15) is 39.0 Å². The Hall–Kier alpha value is -7.70. The van der Waals surface area contributed by atoms with Gasteiger partial charge < -0.3 is 34.0 Å². The van der Waals surface area contributed by atoms with Crippen molar-refractivity contribution in [3.05, 3.63) is 229 Å². The second-order valence-electron chi connectivity index (χ2n) is 15.3. The van der Waals surface area contributed by atoms with Crippen molar-refractivity contribution in [2.45, 2.75) is 32.9 Å². The van der Waals surface area contributed by atoms with E-state index in [-0.39, 0.29) is 62.8 Å². The van der Waals surface area contributed by atoms with Gasteiger partial charge in [-0.2, -0.15) is 21.6 Å². The first-order chi connectivity index (χ1) is 42.5. The number of halogens is 3. The summed E-state index contributed by atoms with van der Waals surface area (Å²) < 4.78 is 161. The average Bonchev–Trinajstić information content (AvgIpc) is 1.57. The van der Waals surface area contributed by atoms with Gasteiger partial charge >= 0.3 is 15.6 Å². The van der Waals surface area contributed by atoms with Crippen molar-refractivity contribution >= 4 is 54.3 Å². The molecule has 0 fully saturated rings. The van der Waals surface area contributed by atoms with E-state index in [0.717, 1.165) is 42.3 Å². The molecule has 0 aliphatic heterocycles. The first-order valence-electron chi connectivity index (χ1n) is 28.7. The van der Waals surface area contributed by atoms with Crippen LogP contribution in [0.4, 0.5) is 13.2 Å². The average molecular weight is 1470 g/mol. The molecule has 0 bridgehead atoms. The second-order valence-corrected chi connectivity index (χ2v) is 16.7. The molecule has 416 valence electrons. The quantitative estimate of drug-likeness (QED) is 0.0855. The van der Waals surface area contributed by atoms with E-state index in [1.54, 1.807) is 61.2 Å². The third kappa shape index (κ3) is 16.9. The Bertz CT molecular complexity index is 4040. The number of aliphatic hydroxyl groups excluding tert-OH is 2. The first-order valence-corrected chi connectivity index (χ1v) is 24.1. The number of alkyl halides is 3. The Labute approximate surface area is 505 Å². The van der Waals surface area contributed by atoms with Crippen molar-refractivity contribution in [2.75, 3.05) is 14.2 Å². The van der Waals surface area contributed by atoms with Crippen molar-refractivity contribution in [2.24, 2.45) is 0 Å². The minimum atomic E-state index is -5.84. The molecule has 12 aromatic rings. The summed E-state index contributed by atoms with van der Waals surface area (Å²) in [4.78, 5) is 25.2. The van der Waals surface area contributed by atoms with Crippen LogP contribution >= 0.6 is 0 Å². The summed E-state index contributed by atoms with van der Waals surface area (Å²) in [6, 6.07) is 59.1. The van der Waals surface area contributed by atoms with Crippen LogP contribution in [0.2, 0.25) is 0 Å². The molecule has 8 aromatic heterocycles. The van der Waals surface area contributed by atoms with Crippen molar-refractivity contribution in [3.63, 3.8) is 0 Å². The normalized spacial score (nSPS) is 13.2. The summed E-state index contributed by atoms with van der Waals surface area (Å²) in [5.74, 6) is 0. The molecule has 0 amide bonds. The fraction of sp³-hybridized carbons (Fsp3) is 0.115. The standard InChI is InChI=1S/C18H14N2O.C18H13N2O.2C11H8N.CHF3O3S.2CH4O.2Ir/c2*1-11-10-15-13-6-5-7-14(16-8-3-4-9-19-16)17(13)21-18(15)20-12(11)2;2*1-2-6-10(7-3-1)11-8-4-5-9-12-11;2-1(3,4)8(5,6)7;2*1-2;;/h3-10H,1-2H3;3-6,8-10H,1-2H3;2*1-6,8-9H;(H,5,6,7);2*2H,1H3;;/q;3*-1;;;;;/i2*1D3,2D3;;;;;;;. The summed E-state index contributed by atoms with van der Waals surface area (Å²) in [5, 5.41) is 16.2. The molecule has 8 heterocycles. The van der Waals surface area contributed by atoms with Crippen molar-refractivity contribution in [1.29, 1.82) is 0 Å².